The predicted molar refractivity (Wildman–Crippen MR) is 56.7 cm³/mol. The van der Waals surface area contributed by atoms with E-state index in [1.807, 2.05) is 0 Å². The lowest BCUT2D eigenvalue weighted by atomic mass is 10.0. The van der Waals surface area contributed by atoms with Crippen LogP contribution in [0.25, 0.3) is 0 Å². The van der Waals surface area contributed by atoms with Gasteiger partial charge in [0, 0.05) is 10.0 Å². The highest BCUT2D eigenvalue weighted by molar-refractivity contribution is 9.10. The summed E-state index contributed by atoms with van der Waals surface area (Å²) in [4.78, 5) is 0. The second-order valence-electron chi connectivity index (χ2n) is 3.04. The molecule has 0 aliphatic rings. The fraction of sp³-hybridized carbons (Fsp3) is 0.333. The van der Waals surface area contributed by atoms with Crippen LogP contribution in [0.2, 0.25) is 5.02 Å². The molecular weight excluding hydrogens is 275 g/mol. The van der Waals surface area contributed by atoms with E-state index in [0.29, 0.717) is 4.47 Å². The summed E-state index contributed by atoms with van der Waals surface area (Å²) >= 11 is 8.83. The maximum absolute atomic E-state index is 13.4. The molecule has 0 heterocycles. The molecule has 1 unspecified atom stereocenters. The van der Waals surface area contributed by atoms with Crippen LogP contribution in [-0.2, 0) is 5.92 Å². The Morgan fingerprint density at radius 1 is 1.50 bits per heavy atom. The molecule has 1 rings (SSSR count). The van der Waals surface area contributed by atoms with Gasteiger partial charge in [-0.15, -0.1) is 0 Å². The minimum Gasteiger partial charge on any atom is -0.323 e. The number of rotatable bonds is 2. The van der Waals surface area contributed by atoms with Gasteiger partial charge < -0.3 is 5.73 Å². The molecule has 0 aromatic heterocycles. The Balaban J connectivity index is 3.19. The van der Waals surface area contributed by atoms with E-state index in [0.717, 1.165) is 0 Å². The Morgan fingerprint density at radius 2 is 2.07 bits per heavy atom. The van der Waals surface area contributed by atoms with Crippen LogP contribution in [0.4, 0.5) is 8.78 Å². The number of hydrogen-bond donors (Lipinski definition) is 1. The Kier molecular flexibility index (Phi) is 3.50. The summed E-state index contributed by atoms with van der Waals surface area (Å²) in [6, 6.07) is 2.95. The van der Waals surface area contributed by atoms with E-state index in [1.54, 1.807) is 0 Å². The maximum atomic E-state index is 13.4. The standard InChI is InChI=1S/C9H9BrClF2N/c1-5(14)9(12,13)7-3-2-6(10)4-8(7)11/h2-5H,14H2,1H3. The van der Waals surface area contributed by atoms with E-state index in [4.69, 9.17) is 17.3 Å². The zero-order valence-corrected chi connectivity index (χ0v) is 9.74. The van der Waals surface area contributed by atoms with Crippen molar-refractivity contribution in [1.82, 2.24) is 0 Å². The molecule has 0 fully saturated rings. The number of benzene rings is 1. The van der Waals surface area contributed by atoms with Gasteiger partial charge in [0.15, 0.2) is 0 Å². The third kappa shape index (κ3) is 2.24. The van der Waals surface area contributed by atoms with Crippen molar-refractivity contribution in [2.45, 2.75) is 18.9 Å². The quantitative estimate of drug-likeness (QED) is 0.883. The van der Waals surface area contributed by atoms with Crippen molar-refractivity contribution < 1.29 is 8.78 Å². The van der Waals surface area contributed by atoms with Crippen molar-refractivity contribution in [2.75, 3.05) is 0 Å². The maximum Gasteiger partial charge on any atom is 0.289 e. The van der Waals surface area contributed by atoms with E-state index in [-0.39, 0.29) is 10.6 Å². The second-order valence-corrected chi connectivity index (χ2v) is 4.36. The highest BCUT2D eigenvalue weighted by Crippen LogP contribution is 2.36. The van der Waals surface area contributed by atoms with Gasteiger partial charge in [0.05, 0.1) is 11.1 Å². The SMILES string of the molecule is CC(N)C(F)(F)c1ccc(Br)cc1Cl. The first-order valence-corrected chi connectivity index (χ1v) is 5.11. The molecule has 0 bridgehead atoms. The Labute approximate surface area is 94.4 Å². The van der Waals surface area contributed by atoms with Gasteiger partial charge in [0.1, 0.15) is 0 Å². The molecule has 1 atom stereocenters. The molecule has 0 spiro atoms. The van der Waals surface area contributed by atoms with E-state index < -0.39 is 12.0 Å². The van der Waals surface area contributed by atoms with Crippen LogP contribution < -0.4 is 5.73 Å². The third-order valence-electron chi connectivity index (χ3n) is 1.86. The number of hydrogen-bond acceptors (Lipinski definition) is 1. The van der Waals surface area contributed by atoms with Crippen LogP contribution in [-0.4, -0.2) is 6.04 Å². The molecule has 2 N–H and O–H groups in total. The summed E-state index contributed by atoms with van der Waals surface area (Å²) in [5, 5.41) is 0.0154. The van der Waals surface area contributed by atoms with Gasteiger partial charge in [0.2, 0.25) is 0 Å². The molecule has 0 aliphatic carbocycles. The molecular formula is C9H9BrClF2N. The summed E-state index contributed by atoms with van der Waals surface area (Å²) in [5.41, 5.74) is 4.95. The zero-order valence-electron chi connectivity index (χ0n) is 7.40. The van der Waals surface area contributed by atoms with Gasteiger partial charge >= 0.3 is 0 Å². The lowest BCUT2D eigenvalue weighted by molar-refractivity contribution is -0.0255. The molecule has 78 valence electrons. The first-order chi connectivity index (χ1) is 6.35. The fourth-order valence-electron chi connectivity index (χ4n) is 1.01. The monoisotopic (exact) mass is 283 g/mol. The molecule has 1 nitrogen and oxygen atoms in total. The van der Waals surface area contributed by atoms with E-state index in [9.17, 15) is 8.78 Å². The van der Waals surface area contributed by atoms with Crippen LogP contribution in [0.1, 0.15) is 12.5 Å². The average Bonchev–Trinajstić information content (AvgIpc) is 2.02. The van der Waals surface area contributed by atoms with Gasteiger partial charge in [0.25, 0.3) is 5.92 Å². The minimum atomic E-state index is -3.10. The highest BCUT2D eigenvalue weighted by atomic mass is 79.9. The average molecular weight is 285 g/mol. The largest absolute Gasteiger partial charge is 0.323 e. The van der Waals surface area contributed by atoms with Gasteiger partial charge in [-0.05, 0) is 19.1 Å². The van der Waals surface area contributed by atoms with Gasteiger partial charge in [-0.25, -0.2) is 0 Å². The topological polar surface area (TPSA) is 26.0 Å². The molecule has 14 heavy (non-hydrogen) atoms. The van der Waals surface area contributed by atoms with Crippen molar-refractivity contribution in [2.24, 2.45) is 5.73 Å². The molecule has 0 amide bonds. The molecule has 1 aromatic rings. The summed E-state index contributed by atoms with van der Waals surface area (Å²) < 4.78 is 27.6. The van der Waals surface area contributed by atoms with Crippen LogP contribution in [0, 0.1) is 0 Å². The molecule has 1 aromatic carbocycles. The van der Waals surface area contributed by atoms with Crippen molar-refractivity contribution >= 4 is 27.5 Å². The third-order valence-corrected chi connectivity index (χ3v) is 2.67. The van der Waals surface area contributed by atoms with Crippen LogP contribution in [0.15, 0.2) is 22.7 Å². The van der Waals surface area contributed by atoms with Gasteiger partial charge in [-0.2, -0.15) is 8.78 Å². The van der Waals surface area contributed by atoms with Crippen molar-refractivity contribution in [3.8, 4) is 0 Å². The van der Waals surface area contributed by atoms with Crippen molar-refractivity contribution in [3.63, 3.8) is 0 Å². The highest BCUT2D eigenvalue weighted by Gasteiger charge is 2.37. The summed E-state index contributed by atoms with van der Waals surface area (Å²) in [6.07, 6.45) is 0. The number of alkyl halides is 2. The van der Waals surface area contributed by atoms with Gasteiger partial charge in [-0.3, -0.25) is 0 Å². The molecule has 0 radical (unpaired) electrons. The summed E-state index contributed by atoms with van der Waals surface area (Å²) in [5.74, 6) is -3.10. The van der Waals surface area contributed by atoms with E-state index >= 15 is 0 Å². The van der Waals surface area contributed by atoms with Crippen LogP contribution >= 0.6 is 27.5 Å². The Hall–Kier alpha value is -0.190. The van der Waals surface area contributed by atoms with Crippen LogP contribution in [0.5, 0.6) is 0 Å². The van der Waals surface area contributed by atoms with Gasteiger partial charge in [-0.1, -0.05) is 33.6 Å². The smallest absolute Gasteiger partial charge is 0.289 e. The Bertz CT molecular complexity index is 342. The summed E-state index contributed by atoms with van der Waals surface area (Å²) in [7, 11) is 0. The first-order valence-electron chi connectivity index (χ1n) is 3.94. The minimum absolute atomic E-state index is 0.0154. The number of halogens is 4. The lowest BCUT2D eigenvalue weighted by Gasteiger charge is -2.21. The molecule has 0 aliphatic heterocycles. The summed E-state index contributed by atoms with van der Waals surface area (Å²) in [6.45, 7) is 1.25. The molecule has 5 heteroatoms. The normalized spacial score (nSPS) is 14.1. The Morgan fingerprint density at radius 3 is 2.50 bits per heavy atom. The second kappa shape index (κ2) is 4.13. The predicted octanol–water partition coefficient (Wildman–Crippen LogP) is 3.54. The number of nitrogens with two attached hydrogens (primary N) is 1. The first kappa shape index (κ1) is 11.9. The molecule has 0 saturated heterocycles. The molecule has 0 saturated carbocycles. The lowest BCUT2D eigenvalue weighted by Crippen LogP contribution is -2.36. The van der Waals surface area contributed by atoms with E-state index in [1.165, 1.54) is 25.1 Å². The fourth-order valence-corrected chi connectivity index (χ4v) is 1.80. The zero-order chi connectivity index (χ0) is 10.9. The van der Waals surface area contributed by atoms with E-state index in [2.05, 4.69) is 15.9 Å². The van der Waals surface area contributed by atoms with Crippen LogP contribution in [0.3, 0.4) is 0 Å². The van der Waals surface area contributed by atoms with Crippen molar-refractivity contribution in [3.05, 3.63) is 33.3 Å². The van der Waals surface area contributed by atoms with Crippen molar-refractivity contribution in [1.29, 1.82) is 0 Å².